The van der Waals surface area contributed by atoms with Crippen molar-refractivity contribution < 1.29 is 27.5 Å². The second-order valence-corrected chi connectivity index (χ2v) is 10.6. The number of nitrogens with one attached hydrogen (secondary N) is 1. The summed E-state index contributed by atoms with van der Waals surface area (Å²) < 4.78 is 39.5. The number of nitrogens with zero attached hydrogens (tertiary/aromatic N) is 2. The summed E-state index contributed by atoms with van der Waals surface area (Å²) >= 11 is 0. The highest BCUT2D eigenvalue weighted by molar-refractivity contribution is 7.92. The lowest BCUT2D eigenvalue weighted by molar-refractivity contribution is -0.139. The third-order valence-electron chi connectivity index (χ3n) is 6.38. The van der Waals surface area contributed by atoms with Crippen LogP contribution in [0.3, 0.4) is 0 Å². The minimum absolute atomic E-state index is 0.0639. The van der Waals surface area contributed by atoms with E-state index in [0.29, 0.717) is 24.3 Å². The van der Waals surface area contributed by atoms with Crippen LogP contribution in [-0.4, -0.2) is 65.5 Å². The van der Waals surface area contributed by atoms with Crippen molar-refractivity contribution >= 4 is 27.5 Å². The number of amides is 2. The summed E-state index contributed by atoms with van der Waals surface area (Å²) in [7, 11) is 0.178. The third-order valence-corrected chi connectivity index (χ3v) is 8.15. The summed E-state index contributed by atoms with van der Waals surface area (Å²) in [6.07, 6.45) is 0.877. The number of hydrogen-bond donors (Lipinski definition) is 1. The summed E-state index contributed by atoms with van der Waals surface area (Å²) in [6.45, 7) is 1.56. The van der Waals surface area contributed by atoms with E-state index in [1.165, 1.54) is 44.4 Å². The largest absolute Gasteiger partial charge is 0.493 e. The molecule has 1 atom stereocenters. The van der Waals surface area contributed by atoms with E-state index in [1.54, 1.807) is 30.3 Å². The van der Waals surface area contributed by atoms with E-state index in [4.69, 9.17) is 9.47 Å². The number of sulfonamides is 1. The van der Waals surface area contributed by atoms with Gasteiger partial charge >= 0.3 is 0 Å². The molecule has 0 fully saturated rings. The fourth-order valence-electron chi connectivity index (χ4n) is 4.29. The van der Waals surface area contributed by atoms with Crippen LogP contribution in [0.25, 0.3) is 0 Å². The number of methoxy groups -OCH3 is 2. The molecule has 10 heteroatoms. The van der Waals surface area contributed by atoms with Crippen molar-refractivity contribution in [1.29, 1.82) is 0 Å². The highest BCUT2D eigenvalue weighted by Crippen LogP contribution is 2.32. The van der Waals surface area contributed by atoms with Gasteiger partial charge in [-0.05, 0) is 42.7 Å². The number of para-hydroxylation sites is 1. The number of anilines is 1. The van der Waals surface area contributed by atoms with Gasteiger partial charge in [-0.25, -0.2) is 8.42 Å². The number of likely N-dealkylation sites (N-methyl/N-ethyl adjacent to an activating group) is 1. The second-order valence-electron chi connectivity index (χ2n) is 8.73. The molecule has 0 bridgehead atoms. The van der Waals surface area contributed by atoms with Crippen LogP contribution in [0.2, 0.25) is 0 Å². The number of benzene rings is 3. The van der Waals surface area contributed by atoms with Crippen molar-refractivity contribution in [3.63, 3.8) is 0 Å². The zero-order chi connectivity index (χ0) is 28.4. The Morgan fingerprint density at radius 3 is 2.08 bits per heavy atom. The highest BCUT2D eigenvalue weighted by Gasteiger charge is 2.33. The lowest BCUT2D eigenvalue weighted by Crippen LogP contribution is -2.52. The molecule has 3 rings (SSSR count). The summed E-state index contributed by atoms with van der Waals surface area (Å²) in [5.41, 5.74) is 1.32. The van der Waals surface area contributed by atoms with Crippen LogP contribution in [0.1, 0.15) is 18.9 Å². The van der Waals surface area contributed by atoms with E-state index in [0.717, 1.165) is 9.87 Å². The average Bonchev–Trinajstić information content (AvgIpc) is 2.97. The quantitative estimate of drug-likeness (QED) is 0.347. The van der Waals surface area contributed by atoms with Gasteiger partial charge in [0.2, 0.25) is 11.8 Å². The molecular formula is C29H35N3O6S. The lowest BCUT2D eigenvalue weighted by atomic mass is 10.1. The van der Waals surface area contributed by atoms with Crippen molar-refractivity contribution in [2.75, 3.05) is 38.7 Å². The molecule has 0 saturated carbocycles. The minimum Gasteiger partial charge on any atom is -0.493 e. The van der Waals surface area contributed by atoms with E-state index < -0.39 is 28.5 Å². The first-order valence-corrected chi connectivity index (χ1v) is 14.1. The van der Waals surface area contributed by atoms with Gasteiger partial charge in [-0.1, -0.05) is 55.5 Å². The van der Waals surface area contributed by atoms with Gasteiger partial charge < -0.3 is 19.7 Å². The molecule has 3 aromatic carbocycles. The van der Waals surface area contributed by atoms with Gasteiger partial charge in [-0.2, -0.15) is 0 Å². The standard InChI is InChI=1S/C29H35N3O6S/c1-5-25(29(34)30-2)31(19-18-22-12-8-6-9-13-22)28(33)21-32(23-14-10-7-11-15-23)39(35,36)24-16-17-26(37-3)27(20-24)38-4/h6-17,20,25H,5,18-19,21H2,1-4H3,(H,30,34)/t25-/m1/s1. The van der Waals surface area contributed by atoms with E-state index in [9.17, 15) is 18.0 Å². The van der Waals surface area contributed by atoms with Crippen molar-refractivity contribution in [1.82, 2.24) is 10.2 Å². The molecular weight excluding hydrogens is 518 g/mol. The molecule has 2 amide bonds. The molecule has 0 unspecified atom stereocenters. The molecule has 0 radical (unpaired) electrons. The predicted molar refractivity (Wildman–Crippen MR) is 151 cm³/mol. The molecule has 39 heavy (non-hydrogen) atoms. The Balaban J connectivity index is 2.01. The van der Waals surface area contributed by atoms with Crippen molar-refractivity contribution in [2.45, 2.75) is 30.7 Å². The smallest absolute Gasteiger partial charge is 0.264 e. The lowest BCUT2D eigenvalue weighted by Gasteiger charge is -2.33. The Morgan fingerprint density at radius 2 is 1.51 bits per heavy atom. The number of carbonyl (C=O) groups excluding carboxylic acids is 2. The summed E-state index contributed by atoms with van der Waals surface area (Å²) in [5, 5.41) is 2.62. The Bertz CT molecular complexity index is 1350. The minimum atomic E-state index is -4.22. The monoisotopic (exact) mass is 553 g/mol. The van der Waals surface area contributed by atoms with Gasteiger partial charge in [-0.3, -0.25) is 13.9 Å². The van der Waals surface area contributed by atoms with Gasteiger partial charge in [0.25, 0.3) is 10.0 Å². The molecule has 1 N–H and O–H groups in total. The van der Waals surface area contributed by atoms with Crippen LogP contribution in [-0.2, 0) is 26.0 Å². The fourth-order valence-corrected chi connectivity index (χ4v) is 5.72. The first-order valence-electron chi connectivity index (χ1n) is 12.6. The first-order chi connectivity index (χ1) is 18.8. The Morgan fingerprint density at radius 1 is 0.897 bits per heavy atom. The SMILES string of the molecule is CC[C@H](C(=O)NC)N(CCc1ccccc1)C(=O)CN(c1ccccc1)S(=O)(=O)c1ccc(OC)c(OC)c1. The number of rotatable bonds is 13. The number of hydrogen-bond acceptors (Lipinski definition) is 6. The summed E-state index contributed by atoms with van der Waals surface area (Å²) in [5.74, 6) is -0.183. The topological polar surface area (TPSA) is 105 Å². The van der Waals surface area contributed by atoms with Crippen LogP contribution in [0.5, 0.6) is 11.5 Å². The van der Waals surface area contributed by atoms with Gasteiger partial charge in [0.15, 0.2) is 11.5 Å². The first kappa shape index (κ1) is 29.5. The van der Waals surface area contributed by atoms with Crippen LogP contribution < -0.4 is 19.1 Å². The summed E-state index contributed by atoms with van der Waals surface area (Å²) in [6, 6.07) is 21.5. The van der Waals surface area contributed by atoms with Crippen LogP contribution in [0.4, 0.5) is 5.69 Å². The third kappa shape index (κ3) is 7.08. The van der Waals surface area contributed by atoms with Gasteiger partial charge in [0.05, 0.1) is 24.8 Å². The summed E-state index contributed by atoms with van der Waals surface area (Å²) in [4.78, 5) is 28.0. The maximum absolute atomic E-state index is 13.9. The van der Waals surface area contributed by atoms with E-state index >= 15 is 0 Å². The zero-order valence-corrected chi connectivity index (χ0v) is 23.5. The molecule has 3 aromatic rings. The van der Waals surface area contributed by atoms with Crippen molar-refractivity contribution in [2.24, 2.45) is 0 Å². The fraction of sp³-hybridized carbons (Fsp3) is 0.310. The Hall–Kier alpha value is -4.05. The molecule has 0 saturated heterocycles. The zero-order valence-electron chi connectivity index (χ0n) is 22.7. The van der Waals surface area contributed by atoms with Gasteiger partial charge in [-0.15, -0.1) is 0 Å². The van der Waals surface area contributed by atoms with E-state index in [2.05, 4.69) is 5.32 Å². The molecule has 208 valence electrons. The average molecular weight is 554 g/mol. The number of ether oxygens (including phenoxy) is 2. The van der Waals surface area contributed by atoms with Gasteiger partial charge in [0, 0.05) is 19.7 Å². The highest BCUT2D eigenvalue weighted by atomic mass is 32.2. The second kappa shape index (κ2) is 13.7. The molecule has 0 spiro atoms. The van der Waals surface area contributed by atoms with Crippen LogP contribution in [0.15, 0.2) is 83.8 Å². The molecule has 0 heterocycles. The molecule has 9 nitrogen and oxygen atoms in total. The Kier molecular flexibility index (Phi) is 10.3. The molecule has 0 aliphatic heterocycles. The molecule has 0 aliphatic rings. The van der Waals surface area contributed by atoms with Gasteiger partial charge in [0.1, 0.15) is 12.6 Å². The predicted octanol–water partition coefficient (Wildman–Crippen LogP) is 3.50. The number of carbonyl (C=O) groups is 2. The molecule has 0 aromatic heterocycles. The maximum atomic E-state index is 13.9. The van der Waals surface area contributed by atoms with Crippen molar-refractivity contribution in [3.8, 4) is 11.5 Å². The molecule has 0 aliphatic carbocycles. The Labute approximate surface area is 230 Å². The van der Waals surface area contributed by atoms with Crippen molar-refractivity contribution in [3.05, 3.63) is 84.4 Å². The maximum Gasteiger partial charge on any atom is 0.264 e. The van der Waals surface area contributed by atoms with E-state index in [1.807, 2.05) is 37.3 Å². The normalized spacial score (nSPS) is 11.8. The van der Waals surface area contributed by atoms with Crippen LogP contribution >= 0.6 is 0 Å². The van der Waals surface area contributed by atoms with Crippen LogP contribution in [0, 0.1) is 0 Å². The van der Waals surface area contributed by atoms with E-state index in [-0.39, 0.29) is 23.1 Å².